The van der Waals surface area contributed by atoms with Gasteiger partial charge in [-0.1, -0.05) is 66.1 Å². The van der Waals surface area contributed by atoms with Crippen molar-refractivity contribution < 1.29 is 6.85 Å². The standard InChI is InChI=1S/C23H19N/c1-17-7-12-22(13-8-17)24-23-14-11-20-15-19(9-10-21(20)16-23)18-5-3-2-4-6-18/h2-16,24H,1H3/i2D,3D,4D,5D,6D. The molecule has 0 fully saturated rings. The van der Waals surface area contributed by atoms with Crippen molar-refractivity contribution in [2.24, 2.45) is 0 Å². The summed E-state index contributed by atoms with van der Waals surface area (Å²) < 4.78 is 39.9. The van der Waals surface area contributed by atoms with Crippen LogP contribution in [0.25, 0.3) is 21.9 Å². The van der Waals surface area contributed by atoms with Gasteiger partial charge in [0.25, 0.3) is 0 Å². The maximum Gasteiger partial charge on any atom is 0.0629 e. The van der Waals surface area contributed by atoms with Crippen molar-refractivity contribution in [2.75, 3.05) is 5.32 Å². The third-order valence-corrected chi connectivity index (χ3v) is 3.97. The second kappa shape index (κ2) is 6.21. The Morgan fingerprint density at radius 1 is 0.667 bits per heavy atom. The summed E-state index contributed by atoms with van der Waals surface area (Å²) in [5.74, 6) is 0. The molecule has 4 rings (SSSR count). The Labute approximate surface area is 149 Å². The second-order valence-corrected chi connectivity index (χ2v) is 5.77. The number of fused-ring (bicyclic) bond motifs is 1. The van der Waals surface area contributed by atoms with Crippen LogP contribution in [0.15, 0.2) is 90.9 Å². The average Bonchev–Trinajstić information content (AvgIpc) is 2.72. The summed E-state index contributed by atoms with van der Waals surface area (Å²) in [6.07, 6.45) is 0. The molecule has 1 N–H and O–H groups in total. The molecule has 0 aromatic heterocycles. The molecule has 0 saturated carbocycles. The van der Waals surface area contributed by atoms with E-state index in [1.54, 1.807) is 6.07 Å². The van der Waals surface area contributed by atoms with Crippen molar-refractivity contribution in [2.45, 2.75) is 6.92 Å². The molecule has 0 radical (unpaired) electrons. The van der Waals surface area contributed by atoms with E-state index in [1.165, 1.54) is 5.56 Å². The van der Waals surface area contributed by atoms with Gasteiger partial charge < -0.3 is 5.32 Å². The van der Waals surface area contributed by atoms with Crippen LogP contribution in [0.3, 0.4) is 0 Å². The highest BCUT2D eigenvalue weighted by Gasteiger charge is 2.01. The number of benzene rings is 4. The Morgan fingerprint density at radius 3 is 2.12 bits per heavy atom. The van der Waals surface area contributed by atoms with Gasteiger partial charge >= 0.3 is 0 Å². The van der Waals surface area contributed by atoms with E-state index >= 15 is 0 Å². The molecule has 0 aliphatic heterocycles. The summed E-state index contributed by atoms with van der Waals surface area (Å²) in [5, 5.41) is 5.31. The van der Waals surface area contributed by atoms with Gasteiger partial charge in [-0.05, 0) is 59.2 Å². The molecule has 0 atom stereocenters. The van der Waals surface area contributed by atoms with Gasteiger partial charge in [-0.2, -0.15) is 0 Å². The number of nitrogens with one attached hydrogen (secondary N) is 1. The third-order valence-electron chi connectivity index (χ3n) is 3.97. The van der Waals surface area contributed by atoms with E-state index in [2.05, 4.69) is 17.4 Å². The van der Waals surface area contributed by atoms with Crippen LogP contribution in [-0.4, -0.2) is 0 Å². The Balaban J connectivity index is 1.74. The fourth-order valence-corrected chi connectivity index (χ4v) is 2.68. The van der Waals surface area contributed by atoms with Crippen molar-refractivity contribution in [3.63, 3.8) is 0 Å². The summed E-state index contributed by atoms with van der Waals surface area (Å²) in [6, 6.07) is 18.3. The van der Waals surface area contributed by atoms with Gasteiger partial charge in [0.05, 0.1) is 6.85 Å². The molecule has 0 aliphatic carbocycles. The number of anilines is 2. The maximum atomic E-state index is 8.17. The normalized spacial score (nSPS) is 13.6. The number of hydrogen-bond acceptors (Lipinski definition) is 1. The van der Waals surface area contributed by atoms with Gasteiger partial charge in [0.15, 0.2) is 0 Å². The quantitative estimate of drug-likeness (QED) is 0.451. The summed E-state index contributed by atoms with van der Waals surface area (Å²) >= 11 is 0. The van der Waals surface area contributed by atoms with Crippen molar-refractivity contribution in [3.05, 3.63) is 96.4 Å². The Hall–Kier alpha value is -3.06. The first-order chi connectivity index (χ1) is 13.8. The highest BCUT2D eigenvalue weighted by molar-refractivity contribution is 5.90. The fourth-order valence-electron chi connectivity index (χ4n) is 2.68. The molecule has 0 saturated heterocycles. The lowest BCUT2D eigenvalue weighted by Crippen LogP contribution is -1.90. The van der Waals surface area contributed by atoms with Gasteiger partial charge in [-0.25, -0.2) is 0 Å². The van der Waals surface area contributed by atoms with Crippen molar-refractivity contribution in [1.29, 1.82) is 0 Å². The molecule has 1 heteroatoms. The van der Waals surface area contributed by atoms with E-state index in [0.717, 1.165) is 22.1 Å². The van der Waals surface area contributed by atoms with E-state index < -0.39 is 0 Å². The molecule has 24 heavy (non-hydrogen) atoms. The molecule has 0 aliphatic rings. The van der Waals surface area contributed by atoms with Crippen LogP contribution >= 0.6 is 0 Å². The summed E-state index contributed by atoms with van der Waals surface area (Å²) in [5.41, 5.74) is 3.99. The minimum atomic E-state index is -0.378. The maximum absolute atomic E-state index is 8.17. The lowest BCUT2D eigenvalue weighted by Gasteiger charge is -2.09. The molecule has 0 amide bonds. The van der Waals surface area contributed by atoms with Crippen LogP contribution in [0.4, 0.5) is 11.4 Å². The number of rotatable bonds is 3. The lowest BCUT2D eigenvalue weighted by molar-refractivity contribution is 1.46. The highest BCUT2D eigenvalue weighted by atomic mass is 14.9. The third kappa shape index (κ3) is 3.02. The van der Waals surface area contributed by atoms with Crippen molar-refractivity contribution >= 4 is 22.1 Å². The van der Waals surface area contributed by atoms with Gasteiger partial charge in [0.2, 0.25) is 0 Å². The number of hydrogen-bond donors (Lipinski definition) is 1. The molecule has 1 nitrogen and oxygen atoms in total. The zero-order chi connectivity index (χ0) is 20.7. The zero-order valence-corrected chi connectivity index (χ0v) is 13.3. The highest BCUT2D eigenvalue weighted by Crippen LogP contribution is 2.27. The monoisotopic (exact) mass is 314 g/mol. The van der Waals surface area contributed by atoms with Crippen molar-refractivity contribution in [1.82, 2.24) is 0 Å². The van der Waals surface area contributed by atoms with Crippen LogP contribution in [0, 0.1) is 6.92 Å². The molecule has 4 aromatic rings. The van der Waals surface area contributed by atoms with Gasteiger partial charge in [0, 0.05) is 11.4 Å². The van der Waals surface area contributed by atoms with E-state index in [-0.39, 0.29) is 35.8 Å². The van der Waals surface area contributed by atoms with E-state index in [1.807, 2.05) is 49.4 Å². The van der Waals surface area contributed by atoms with Crippen LogP contribution in [0.5, 0.6) is 0 Å². The fraction of sp³-hybridized carbons (Fsp3) is 0.0435. The molecule has 116 valence electrons. The first kappa shape index (κ1) is 9.94. The van der Waals surface area contributed by atoms with E-state index in [4.69, 9.17) is 6.85 Å². The second-order valence-electron chi connectivity index (χ2n) is 5.77. The van der Waals surface area contributed by atoms with Crippen LogP contribution in [-0.2, 0) is 0 Å². The topological polar surface area (TPSA) is 12.0 Å². The van der Waals surface area contributed by atoms with E-state index in [0.29, 0.717) is 5.56 Å². The zero-order valence-electron chi connectivity index (χ0n) is 18.3. The molecule has 0 spiro atoms. The largest absolute Gasteiger partial charge is 0.356 e. The van der Waals surface area contributed by atoms with Crippen molar-refractivity contribution in [3.8, 4) is 11.1 Å². The number of aryl methyl sites for hydroxylation is 1. The Morgan fingerprint density at radius 2 is 1.33 bits per heavy atom. The minimum Gasteiger partial charge on any atom is -0.356 e. The summed E-state index contributed by atoms with van der Waals surface area (Å²) in [6.45, 7) is 2.05. The van der Waals surface area contributed by atoms with Crippen LogP contribution in [0.1, 0.15) is 12.4 Å². The summed E-state index contributed by atoms with van der Waals surface area (Å²) in [4.78, 5) is 0. The predicted octanol–water partition coefficient (Wildman–Crippen LogP) is 6.56. The summed E-state index contributed by atoms with van der Waals surface area (Å²) in [7, 11) is 0. The first-order valence-electron chi connectivity index (χ1n) is 10.3. The minimum absolute atomic E-state index is 0.187. The molecule has 0 heterocycles. The van der Waals surface area contributed by atoms with Gasteiger partial charge in [-0.3, -0.25) is 0 Å². The first-order valence-corrected chi connectivity index (χ1v) is 7.80. The molecular formula is C23H19N. The molecular weight excluding hydrogens is 290 g/mol. The molecule has 4 aromatic carbocycles. The Kier molecular flexibility index (Phi) is 2.57. The lowest BCUT2D eigenvalue weighted by atomic mass is 10.0. The molecule has 0 bridgehead atoms. The van der Waals surface area contributed by atoms with E-state index in [9.17, 15) is 0 Å². The molecule has 0 unspecified atom stereocenters. The Bertz CT molecular complexity index is 1200. The van der Waals surface area contributed by atoms with Crippen LogP contribution in [0.2, 0.25) is 0 Å². The average molecular weight is 314 g/mol. The van der Waals surface area contributed by atoms with Gasteiger partial charge in [-0.15, -0.1) is 0 Å². The van der Waals surface area contributed by atoms with Crippen LogP contribution < -0.4 is 5.32 Å². The van der Waals surface area contributed by atoms with Gasteiger partial charge in [0.1, 0.15) is 0 Å². The predicted molar refractivity (Wildman–Crippen MR) is 104 cm³/mol. The SMILES string of the molecule is [2H]c1c([2H])c([2H])c(-c2ccc3cc(Nc4ccc(C)cc4)ccc3c2)c([2H])c1[2H]. The smallest absolute Gasteiger partial charge is 0.0629 e.